The van der Waals surface area contributed by atoms with Gasteiger partial charge in [-0.2, -0.15) is 0 Å². The average molecular weight is 633 g/mol. The number of benzene rings is 3. The lowest BCUT2D eigenvalue weighted by Gasteiger charge is -2.34. The second-order valence-electron chi connectivity index (χ2n) is 10.4. The number of nitrogens with zero attached hydrogens (tertiary/aromatic N) is 2. The Hall–Kier alpha value is -3.40. The van der Waals surface area contributed by atoms with Crippen LogP contribution in [0.4, 0.5) is 5.69 Å². The van der Waals surface area contributed by atoms with Crippen molar-refractivity contribution >= 4 is 56.5 Å². The number of rotatable bonds is 13. The van der Waals surface area contributed by atoms with Crippen molar-refractivity contribution < 1.29 is 22.8 Å². The van der Waals surface area contributed by atoms with Gasteiger partial charge in [-0.1, -0.05) is 85.6 Å². The van der Waals surface area contributed by atoms with Crippen molar-refractivity contribution in [1.29, 1.82) is 0 Å². The monoisotopic (exact) mass is 631 g/mol. The molecule has 0 unspecified atom stereocenters. The zero-order valence-electron chi connectivity index (χ0n) is 24.0. The Bertz CT molecular complexity index is 1510. The summed E-state index contributed by atoms with van der Waals surface area (Å²) in [5, 5.41) is 3.52. The van der Waals surface area contributed by atoms with E-state index < -0.39 is 34.4 Å². The molecule has 0 aliphatic heterocycles. The van der Waals surface area contributed by atoms with Crippen LogP contribution >= 0.6 is 23.2 Å². The predicted molar refractivity (Wildman–Crippen MR) is 167 cm³/mol. The first-order valence-electron chi connectivity index (χ1n) is 13.4. The van der Waals surface area contributed by atoms with Gasteiger partial charge in [-0.15, -0.1) is 0 Å². The van der Waals surface area contributed by atoms with Crippen LogP contribution in [-0.2, 0) is 32.6 Å². The van der Waals surface area contributed by atoms with E-state index in [-0.39, 0.29) is 30.4 Å². The normalized spacial score (nSPS) is 12.1. The molecule has 0 aliphatic rings. The van der Waals surface area contributed by atoms with Crippen molar-refractivity contribution in [2.24, 2.45) is 5.92 Å². The first-order valence-corrected chi connectivity index (χ1v) is 16.0. The number of carbonyl (C=O) groups is 3. The van der Waals surface area contributed by atoms with Crippen molar-refractivity contribution in [3.8, 4) is 0 Å². The van der Waals surface area contributed by atoms with Gasteiger partial charge in [0.15, 0.2) is 5.78 Å². The molecule has 8 nitrogen and oxygen atoms in total. The smallest absolute Gasteiger partial charge is 0.244 e. The van der Waals surface area contributed by atoms with Gasteiger partial charge in [0.2, 0.25) is 21.8 Å². The Balaban J connectivity index is 2.11. The minimum absolute atomic E-state index is 0.144. The Kier molecular flexibility index (Phi) is 11.6. The lowest BCUT2D eigenvalue weighted by molar-refractivity contribution is -0.140. The maximum Gasteiger partial charge on any atom is 0.244 e. The van der Waals surface area contributed by atoms with Gasteiger partial charge >= 0.3 is 0 Å². The molecule has 1 N–H and O–H groups in total. The lowest BCUT2D eigenvalue weighted by atomic mass is 10.0. The van der Waals surface area contributed by atoms with E-state index in [0.717, 1.165) is 16.1 Å². The molecule has 224 valence electrons. The first-order chi connectivity index (χ1) is 19.8. The summed E-state index contributed by atoms with van der Waals surface area (Å²) in [5.41, 5.74) is 1.68. The summed E-state index contributed by atoms with van der Waals surface area (Å²) in [6.07, 6.45) is 1.14. The molecule has 3 rings (SSSR count). The van der Waals surface area contributed by atoms with Crippen LogP contribution in [0.1, 0.15) is 42.3 Å². The maximum atomic E-state index is 14.2. The summed E-state index contributed by atoms with van der Waals surface area (Å²) in [4.78, 5) is 41.2. The zero-order valence-corrected chi connectivity index (χ0v) is 26.3. The van der Waals surface area contributed by atoms with Gasteiger partial charge in [-0.05, 0) is 42.7 Å². The highest BCUT2D eigenvalue weighted by molar-refractivity contribution is 7.92. The molecule has 0 radical (unpaired) electrons. The Morgan fingerprint density at radius 1 is 0.905 bits per heavy atom. The van der Waals surface area contributed by atoms with Crippen LogP contribution in [0.3, 0.4) is 0 Å². The lowest BCUT2D eigenvalue weighted by Crippen LogP contribution is -2.53. The number of sulfonamides is 1. The van der Waals surface area contributed by atoms with Gasteiger partial charge in [0, 0.05) is 40.7 Å². The average Bonchev–Trinajstić information content (AvgIpc) is 2.93. The molecule has 0 spiro atoms. The molecule has 11 heteroatoms. The number of hydrogen-bond donors (Lipinski definition) is 1. The van der Waals surface area contributed by atoms with E-state index >= 15 is 0 Å². The minimum atomic E-state index is -3.98. The van der Waals surface area contributed by atoms with Crippen LogP contribution in [-0.4, -0.2) is 56.3 Å². The van der Waals surface area contributed by atoms with Crippen LogP contribution in [0.2, 0.25) is 10.0 Å². The van der Waals surface area contributed by atoms with Crippen molar-refractivity contribution in [1.82, 2.24) is 10.2 Å². The second kappa shape index (κ2) is 14.7. The van der Waals surface area contributed by atoms with Crippen molar-refractivity contribution in [3.63, 3.8) is 0 Å². The third-order valence-corrected chi connectivity index (χ3v) is 8.41. The third kappa shape index (κ3) is 9.05. The van der Waals surface area contributed by atoms with Gasteiger partial charge in [-0.3, -0.25) is 18.7 Å². The highest BCUT2D eigenvalue weighted by atomic mass is 35.5. The summed E-state index contributed by atoms with van der Waals surface area (Å²) in [6.45, 7) is 4.90. The molecular weight excluding hydrogens is 597 g/mol. The summed E-state index contributed by atoms with van der Waals surface area (Å²) >= 11 is 13.0. The number of anilines is 1. The van der Waals surface area contributed by atoms with E-state index in [1.165, 1.54) is 24.0 Å². The Morgan fingerprint density at radius 2 is 1.52 bits per heavy atom. The van der Waals surface area contributed by atoms with Crippen LogP contribution in [0.25, 0.3) is 0 Å². The molecule has 3 aromatic rings. The molecule has 42 heavy (non-hydrogen) atoms. The minimum Gasteiger partial charge on any atom is -0.354 e. The number of amides is 2. The van der Waals surface area contributed by atoms with Crippen molar-refractivity contribution in [2.45, 2.75) is 39.8 Å². The molecular formula is C31H35Cl2N3O5S. The molecule has 0 aliphatic carbocycles. The zero-order chi connectivity index (χ0) is 31.0. The number of ketones is 1. The van der Waals surface area contributed by atoms with Crippen LogP contribution in [0.5, 0.6) is 0 Å². The van der Waals surface area contributed by atoms with E-state index in [1.54, 1.807) is 30.3 Å². The number of nitrogens with one attached hydrogen (secondary N) is 1. The van der Waals surface area contributed by atoms with E-state index in [9.17, 15) is 22.8 Å². The molecule has 1 atom stereocenters. The Labute approximate surface area is 257 Å². The first kappa shape index (κ1) is 33.1. The topological polar surface area (TPSA) is 104 Å². The molecule has 0 bridgehead atoms. The van der Waals surface area contributed by atoms with E-state index in [4.69, 9.17) is 23.2 Å². The number of Topliss-reactive ketones (excluding diaryl/α,β-unsaturated/α-hetero) is 1. The fourth-order valence-corrected chi connectivity index (χ4v) is 5.68. The highest BCUT2D eigenvalue weighted by Gasteiger charge is 2.34. The van der Waals surface area contributed by atoms with Crippen molar-refractivity contribution in [2.75, 3.05) is 23.7 Å². The summed E-state index contributed by atoms with van der Waals surface area (Å²) in [6, 6.07) is 19.2. The van der Waals surface area contributed by atoms with Crippen molar-refractivity contribution in [3.05, 3.63) is 99.5 Å². The number of halogens is 2. The molecule has 0 saturated carbocycles. The molecule has 0 heterocycles. The summed E-state index contributed by atoms with van der Waals surface area (Å²) in [7, 11) is -3.98. The SMILES string of the molecule is CC(=O)c1cccc(N(CC(=O)N(Cc2c(Cl)cccc2Cl)[C@@H](Cc2ccccc2)C(=O)NCC(C)C)S(C)(=O)=O)c1. The summed E-state index contributed by atoms with van der Waals surface area (Å²) in [5.74, 6) is -1.14. The maximum absolute atomic E-state index is 14.2. The Morgan fingerprint density at radius 3 is 2.10 bits per heavy atom. The van der Waals surface area contributed by atoms with E-state index in [2.05, 4.69) is 5.32 Å². The van der Waals surface area contributed by atoms with Gasteiger partial charge in [0.1, 0.15) is 12.6 Å². The number of hydrogen-bond acceptors (Lipinski definition) is 5. The molecule has 0 aromatic heterocycles. The van der Waals surface area contributed by atoms with Crippen LogP contribution in [0, 0.1) is 5.92 Å². The second-order valence-corrected chi connectivity index (χ2v) is 13.2. The molecule has 2 amide bonds. The van der Waals surface area contributed by atoms with E-state index in [0.29, 0.717) is 27.7 Å². The fourth-order valence-electron chi connectivity index (χ4n) is 4.32. The molecule has 3 aromatic carbocycles. The van der Waals surface area contributed by atoms with Crippen LogP contribution < -0.4 is 9.62 Å². The predicted octanol–water partition coefficient (Wildman–Crippen LogP) is 5.37. The largest absolute Gasteiger partial charge is 0.354 e. The van der Waals surface area contributed by atoms with Gasteiger partial charge in [0.05, 0.1) is 11.9 Å². The van der Waals surface area contributed by atoms with Gasteiger partial charge in [-0.25, -0.2) is 8.42 Å². The third-order valence-electron chi connectivity index (χ3n) is 6.57. The standard InChI is InChI=1S/C31H35Cl2N3O5S/c1-21(2)18-34-31(39)29(16-23-10-6-5-7-11-23)35(19-26-27(32)14-9-15-28(26)33)30(38)20-36(42(4,40)41)25-13-8-12-24(17-25)22(3)37/h5-15,17,21,29H,16,18-20H2,1-4H3,(H,34,39)/t29-/m0/s1. The molecule has 0 fully saturated rings. The van der Waals surface area contributed by atoms with Gasteiger partial charge < -0.3 is 10.2 Å². The fraction of sp³-hybridized carbons (Fsp3) is 0.323. The van der Waals surface area contributed by atoms with Crippen LogP contribution in [0.15, 0.2) is 72.8 Å². The van der Waals surface area contributed by atoms with Gasteiger partial charge in [0.25, 0.3) is 0 Å². The van der Waals surface area contributed by atoms with E-state index in [1.807, 2.05) is 44.2 Å². The quantitative estimate of drug-likeness (QED) is 0.255. The highest BCUT2D eigenvalue weighted by Crippen LogP contribution is 2.28. The summed E-state index contributed by atoms with van der Waals surface area (Å²) < 4.78 is 26.8. The molecule has 0 saturated heterocycles. The number of carbonyl (C=O) groups excluding carboxylic acids is 3.